The quantitative estimate of drug-likeness (QED) is 0.552. The maximum absolute atomic E-state index is 5.33. The predicted molar refractivity (Wildman–Crippen MR) is 69.4 cm³/mol. The average Bonchev–Trinajstić information content (AvgIpc) is 2.28. The van der Waals surface area contributed by atoms with Crippen LogP contribution in [0.3, 0.4) is 0 Å². The second-order valence-electron chi connectivity index (χ2n) is 5.19. The minimum Gasteiger partial charge on any atom is -0.367 e. The third kappa shape index (κ3) is 3.30. The lowest BCUT2D eigenvalue weighted by molar-refractivity contribution is 0.280. The molecule has 1 fully saturated rings. The highest BCUT2D eigenvalue weighted by Crippen LogP contribution is 2.30. The molecule has 0 amide bonds. The lowest BCUT2D eigenvalue weighted by atomic mass is 9.80. The van der Waals surface area contributed by atoms with E-state index < -0.39 is 0 Å². The number of nitrogens with two attached hydrogens (primary N) is 1. The van der Waals surface area contributed by atoms with Crippen LogP contribution in [0.5, 0.6) is 0 Å². The number of rotatable bonds is 3. The monoisotopic (exact) mass is 235 g/mol. The van der Waals surface area contributed by atoms with Crippen LogP contribution in [-0.2, 0) is 0 Å². The van der Waals surface area contributed by atoms with Crippen molar-refractivity contribution in [2.24, 2.45) is 17.7 Å². The largest absolute Gasteiger partial charge is 0.367 e. The van der Waals surface area contributed by atoms with Crippen molar-refractivity contribution in [2.75, 3.05) is 10.7 Å². The fraction of sp³-hybridized carbons (Fsp3) is 0.667. The van der Waals surface area contributed by atoms with E-state index in [0.29, 0.717) is 11.9 Å². The van der Waals surface area contributed by atoms with Crippen LogP contribution in [0.4, 0.5) is 11.6 Å². The van der Waals surface area contributed by atoms with Gasteiger partial charge in [-0.1, -0.05) is 13.8 Å². The predicted octanol–water partition coefficient (Wildman–Crippen LogP) is 2.00. The van der Waals surface area contributed by atoms with Gasteiger partial charge in [-0.05, 0) is 31.1 Å². The number of hydrazine groups is 1. The molecule has 1 aromatic rings. The minimum absolute atomic E-state index is 0.509. The molecule has 0 bridgehead atoms. The van der Waals surface area contributed by atoms with Gasteiger partial charge in [0.1, 0.15) is 18.0 Å². The van der Waals surface area contributed by atoms with Gasteiger partial charge in [0.25, 0.3) is 0 Å². The van der Waals surface area contributed by atoms with Gasteiger partial charge in [-0.15, -0.1) is 0 Å². The topological polar surface area (TPSA) is 75.9 Å². The van der Waals surface area contributed by atoms with E-state index in [1.165, 1.54) is 25.6 Å². The maximum Gasteiger partial charge on any atom is 0.145 e. The third-order valence-electron chi connectivity index (χ3n) is 3.35. The maximum atomic E-state index is 5.33. The number of nitrogen functional groups attached to an aromatic ring is 1. The minimum atomic E-state index is 0.509. The number of aromatic nitrogens is 2. The molecule has 2 atom stereocenters. The normalized spacial score (nSPS) is 28.8. The molecule has 5 heteroatoms. The summed E-state index contributed by atoms with van der Waals surface area (Å²) in [5.41, 5.74) is 2.53. The van der Waals surface area contributed by atoms with E-state index in [1.54, 1.807) is 0 Å². The number of nitrogens with one attached hydrogen (secondary N) is 2. The van der Waals surface area contributed by atoms with Gasteiger partial charge in [-0.2, -0.15) is 0 Å². The Hall–Kier alpha value is -1.36. The molecule has 0 radical (unpaired) electrons. The Morgan fingerprint density at radius 2 is 1.76 bits per heavy atom. The van der Waals surface area contributed by atoms with Gasteiger partial charge in [-0.25, -0.2) is 15.8 Å². The van der Waals surface area contributed by atoms with Crippen LogP contribution >= 0.6 is 0 Å². The van der Waals surface area contributed by atoms with E-state index >= 15 is 0 Å². The molecule has 1 saturated carbocycles. The summed E-state index contributed by atoms with van der Waals surface area (Å²) in [6.07, 6.45) is 5.27. The molecular formula is C12H21N5. The Balaban J connectivity index is 1.99. The smallest absolute Gasteiger partial charge is 0.145 e. The first-order valence-electron chi connectivity index (χ1n) is 6.22. The molecule has 2 rings (SSSR count). The van der Waals surface area contributed by atoms with Gasteiger partial charge in [-0.3, -0.25) is 0 Å². The van der Waals surface area contributed by atoms with Crippen LogP contribution in [0.1, 0.15) is 33.1 Å². The van der Waals surface area contributed by atoms with E-state index in [2.05, 4.69) is 34.6 Å². The molecule has 1 heterocycles. The Morgan fingerprint density at radius 3 is 2.41 bits per heavy atom. The van der Waals surface area contributed by atoms with Crippen molar-refractivity contribution in [3.63, 3.8) is 0 Å². The highest BCUT2D eigenvalue weighted by Gasteiger charge is 2.23. The fourth-order valence-corrected chi connectivity index (χ4v) is 2.79. The molecule has 1 aliphatic rings. The van der Waals surface area contributed by atoms with E-state index in [4.69, 9.17) is 5.84 Å². The molecule has 0 aromatic carbocycles. The first kappa shape index (κ1) is 12.1. The van der Waals surface area contributed by atoms with Gasteiger partial charge < -0.3 is 10.7 Å². The van der Waals surface area contributed by atoms with Crippen LogP contribution in [0.15, 0.2) is 12.4 Å². The Kier molecular flexibility index (Phi) is 3.78. The second-order valence-corrected chi connectivity index (χ2v) is 5.19. The SMILES string of the molecule is CC1CC(C)CC(Nc2cc(NN)ncn2)C1. The third-order valence-corrected chi connectivity index (χ3v) is 3.35. The molecule has 0 spiro atoms. The molecule has 1 aromatic heterocycles. The van der Waals surface area contributed by atoms with Crippen molar-refractivity contribution in [3.8, 4) is 0 Å². The van der Waals surface area contributed by atoms with Gasteiger partial charge in [0.05, 0.1) is 0 Å². The molecule has 2 unspecified atom stereocenters. The first-order chi connectivity index (χ1) is 8.17. The van der Waals surface area contributed by atoms with Crippen LogP contribution < -0.4 is 16.6 Å². The standard InChI is InChI=1S/C12H21N5/c1-8-3-9(2)5-10(4-8)16-11-6-12(17-13)15-7-14-11/h6-10H,3-5,13H2,1-2H3,(H2,14,15,16,17). The van der Waals surface area contributed by atoms with Crippen molar-refractivity contribution >= 4 is 11.6 Å². The molecule has 4 N–H and O–H groups in total. The van der Waals surface area contributed by atoms with Crippen molar-refractivity contribution in [1.29, 1.82) is 0 Å². The lowest BCUT2D eigenvalue weighted by Gasteiger charge is -2.32. The van der Waals surface area contributed by atoms with Gasteiger partial charge >= 0.3 is 0 Å². The van der Waals surface area contributed by atoms with Crippen LogP contribution in [0.2, 0.25) is 0 Å². The van der Waals surface area contributed by atoms with Crippen molar-refractivity contribution in [2.45, 2.75) is 39.2 Å². The van der Waals surface area contributed by atoms with Gasteiger partial charge in [0.15, 0.2) is 0 Å². The molecule has 0 saturated heterocycles. The molecular weight excluding hydrogens is 214 g/mol. The highest BCUT2D eigenvalue weighted by atomic mass is 15.3. The Labute approximate surface area is 102 Å². The molecule has 1 aliphatic carbocycles. The molecule has 5 nitrogen and oxygen atoms in total. The average molecular weight is 235 g/mol. The summed E-state index contributed by atoms with van der Waals surface area (Å²) in [6, 6.07) is 2.35. The summed E-state index contributed by atoms with van der Waals surface area (Å²) in [5, 5.41) is 3.47. The number of hydrogen-bond acceptors (Lipinski definition) is 5. The lowest BCUT2D eigenvalue weighted by Crippen LogP contribution is -2.30. The number of hydrogen-bond donors (Lipinski definition) is 3. The van der Waals surface area contributed by atoms with E-state index in [9.17, 15) is 0 Å². The molecule has 0 aliphatic heterocycles. The summed E-state index contributed by atoms with van der Waals surface area (Å²) in [7, 11) is 0. The zero-order valence-corrected chi connectivity index (χ0v) is 10.5. The Bertz CT molecular complexity index is 358. The van der Waals surface area contributed by atoms with E-state index in [0.717, 1.165) is 17.7 Å². The second kappa shape index (κ2) is 5.31. The van der Waals surface area contributed by atoms with Gasteiger partial charge in [0.2, 0.25) is 0 Å². The summed E-state index contributed by atoms with van der Waals surface area (Å²) in [5.74, 6) is 8.38. The fourth-order valence-electron chi connectivity index (χ4n) is 2.79. The zero-order chi connectivity index (χ0) is 12.3. The summed E-state index contributed by atoms with van der Waals surface area (Å²) < 4.78 is 0. The van der Waals surface area contributed by atoms with Gasteiger partial charge in [0, 0.05) is 12.1 Å². The van der Waals surface area contributed by atoms with Crippen LogP contribution in [0, 0.1) is 11.8 Å². The highest BCUT2D eigenvalue weighted by molar-refractivity contribution is 5.46. The van der Waals surface area contributed by atoms with E-state index in [1.807, 2.05) is 6.07 Å². The van der Waals surface area contributed by atoms with Crippen molar-refractivity contribution in [1.82, 2.24) is 9.97 Å². The number of nitrogens with zero attached hydrogens (tertiary/aromatic N) is 2. The molecule has 94 valence electrons. The van der Waals surface area contributed by atoms with Crippen LogP contribution in [0.25, 0.3) is 0 Å². The first-order valence-corrected chi connectivity index (χ1v) is 6.22. The van der Waals surface area contributed by atoms with Crippen molar-refractivity contribution < 1.29 is 0 Å². The zero-order valence-electron chi connectivity index (χ0n) is 10.5. The molecule has 17 heavy (non-hydrogen) atoms. The number of anilines is 2. The van der Waals surface area contributed by atoms with E-state index in [-0.39, 0.29) is 0 Å². The van der Waals surface area contributed by atoms with Crippen molar-refractivity contribution in [3.05, 3.63) is 12.4 Å². The summed E-state index contributed by atoms with van der Waals surface area (Å²) in [6.45, 7) is 4.63. The Morgan fingerprint density at radius 1 is 1.12 bits per heavy atom. The summed E-state index contributed by atoms with van der Waals surface area (Å²) >= 11 is 0. The summed E-state index contributed by atoms with van der Waals surface area (Å²) in [4.78, 5) is 8.21. The van der Waals surface area contributed by atoms with Crippen LogP contribution in [-0.4, -0.2) is 16.0 Å².